The van der Waals surface area contributed by atoms with Crippen molar-refractivity contribution in [1.82, 2.24) is 9.80 Å². The zero-order valence-electron chi connectivity index (χ0n) is 16.7. The quantitative estimate of drug-likeness (QED) is 0.761. The van der Waals surface area contributed by atoms with E-state index in [2.05, 4.69) is 10.2 Å². The van der Waals surface area contributed by atoms with E-state index in [1.807, 2.05) is 6.07 Å². The Morgan fingerprint density at radius 1 is 1.21 bits per heavy atom. The Morgan fingerprint density at radius 2 is 1.90 bits per heavy atom. The second-order valence-electron chi connectivity index (χ2n) is 7.70. The van der Waals surface area contributed by atoms with Gasteiger partial charge in [-0.25, -0.2) is 9.59 Å². The third-order valence-electron chi connectivity index (χ3n) is 6.15. The first-order valence-electron chi connectivity index (χ1n) is 9.75. The normalized spacial score (nSPS) is 22.7. The molecule has 0 bridgehead atoms. The molecule has 3 aliphatic heterocycles. The Balaban J connectivity index is 1.78. The Labute approximate surface area is 168 Å². The summed E-state index contributed by atoms with van der Waals surface area (Å²) < 4.78 is 4.92. The highest BCUT2D eigenvalue weighted by Gasteiger charge is 2.63. The van der Waals surface area contributed by atoms with E-state index in [0.29, 0.717) is 12.1 Å². The van der Waals surface area contributed by atoms with Crippen molar-refractivity contribution >= 4 is 35.3 Å². The van der Waals surface area contributed by atoms with Gasteiger partial charge in [0.2, 0.25) is 11.8 Å². The second kappa shape index (κ2) is 6.75. The topological polar surface area (TPSA) is 99.3 Å². The van der Waals surface area contributed by atoms with Crippen molar-refractivity contribution in [2.24, 2.45) is 5.41 Å². The number of ether oxygens (including phenoxy) is 1. The molecule has 0 saturated carbocycles. The van der Waals surface area contributed by atoms with E-state index in [1.54, 1.807) is 19.1 Å². The summed E-state index contributed by atoms with van der Waals surface area (Å²) in [7, 11) is 2.84. The van der Waals surface area contributed by atoms with Crippen LogP contribution in [0.3, 0.4) is 0 Å². The van der Waals surface area contributed by atoms with E-state index in [1.165, 1.54) is 14.1 Å². The Morgan fingerprint density at radius 3 is 2.55 bits per heavy atom. The standard InChI is InChI=1S/C20H24N4O5/c1-4-29-18(27)21-13-7-8-14-12(10-13)11-20(15-6-5-9-24(14)15)16(25)22(2)19(28)23(3)17(20)26/h7-8,10,15H,4-6,9,11H2,1-3H3,(H,21,27)/t15-/m1/s1. The molecule has 154 valence electrons. The highest BCUT2D eigenvalue weighted by Crippen LogP contribution is 2.49. The second-order valence-corrected chi connectivity index (χ2v) is 7.70. The van der Waals surface area contributed by atoms with Gasteiger partial charge in [-0.2, -0.15) is 0 Å². The van der Waals surface area contributed by atoms with E-state index in [-0.39, 0.29) is 19.1 Å². The largest absolute Gasteiger partial charge is 0.450 e. The number of fused-ring (bicyclic) bond motifs is 4. The van der Waals surface area contributed by atoms with Crippen LogP contribution in [0.2, 0.25) is 0 Å². The molecule has 0 radical (unpaired) electrons. The molecule has 9 nitrogen and oxygen atoms in total. The summed E-state index contributed by atoms with van der Waals surface area (Å²) in [5.74, 6) is -0.922. The minimum absolute atomic E-state index is 0.182. The number of barbiturate groups is 1. The summed E-state index contributed by atoms with van der Waals surface area (Å²) in [6.45, 7) is 2.70. The van der Waals surface area contributed by atoms with Gasteiger partial charge < -0.3 is 9.64 Å². The van der Waals surface area contributed by atoms with Gasteiger partial charge in [0.25, 0.3) is 0 Å². The van der Waals surface area contributed by atoms with Crippen molar-refractivity contribution in [3.05, 3.63) is 23.8 Å². The number of nitrogens with one attached hydrogen (secondary N) is 1. The maximum Gasteiger partial charge on any atom is 0.411 e. The molecule has 4 rings (SSSR count). The average Bonchev–Trinajstić information content (AvgIpc) is 3.20. The molecule has 3 heterocycles. The molecule has 29 heavy (non-hydrogen) atoms. The van der Waals surface area contributed by atoms with Gasteiger partial charge in [0, 0.05) is 32.0 Å². The van der Waals surface area contributed by atoms with Gasteiger partial charge in [-0.05, 0) is 49.9 Å². The lowest BCUT2D eigenvalue weighted by molar-refractivity contribution is -0.159. The number of carbonyl (C=O) groups is 4. The van der Waals surface area contributed by atoms with Crippen LogP contribution in [0.1, 0.15) is 25.3 Å². The lowest BCUT2D eigenvalue weighted by Gasteiger charge is -2.50. The zero-order valence-corrected chi connectivity index (χ0v) is 16.7. The predicted molar refractivity (Wildman–Crippen MR) is 105 cm³/mol. The van der Waals surface area contributed by atoms with Crippen LogP contribution >= 0.6 is 0 Å². The third-order valence-corrected chi connectivity index (χ3v) is 6.15. The molecule has 5 amide bonds. The van der Waals surface area contributed by atoms with E-state index in [4.69, 9.17) is 4.74 Å². The number of benzene rings is 1. The first-order chi connectivity index (χ1) is 13.8. The Hall–Kier alpha value is -3.10. The van der Waals surface area contributed by atoms with Gasteiger partial charge >= 0.3 is 12.1 Å². The van der Waals surface area contributed by atoms with Crippen molar-refractivity contribution in [2.45, 2.75) is 32.2 Å². The minimum atomic E-state index is -1.34. The van der Waals surface area contributed by atoms with E-state index in [0.717, 1.165) is 34.0 Å². The van der Waals surface area contributed by atoms with Crippen LogP contribution in [0.25, 0.3) is 0 Å². The monoisotopic (exact) mass is 400 g/mol. The first-order valence-corrected chi connectivity index (χ1v) is 9.75. The van der Waals surface area contributed by atoms with Crippen molar-refractivity contribution < 1.29 is 23.9 Å². The van der Waals surface area contributed by atoms with Gasteiger partial charge in [-0.15, -0.1) is 0 Å². The molecule has 3 aliphatic rings. The molecule has 1 aromatic rings. The summed E-state index contributed by atoms with van der Waals surface area (Å²) in [4.78, 5) is 54.9. The molecule has 1 atom stereocenters. The van der Waals surface area contributed by atoms with E-state index < -0.39 is 29.4 Å². The number of hydrogen-bond acceptors (Lipinski definition) is 6. The van der Waals surface area contributed by atoms with Gasteiger partial charge in [0.1, 0.15) is 0 Å². The molecule has 2 fully saturated rings. The van der Waals surface area contributed by atoms with Crippen LogP contribution in [-0.2, 0) is 20.7 Å². The summed E-state index contributed by atoms with van der Waals surface area (Å²) in [5.41, 5.74) is 0.929. The summed E-state index contributed by atoms with van der Waals surface area (Å²) in [6, 6.07) is 4.56. The number of hydrogen-bond donors (Lipinski definition) is 1. The molecule has 0 unspecified atom stereocenters. The van der Waals surface area contributed by atoms with Gasteiger partial charge in [-0.3, -0.25) is 24.7 Å². The van der Waals surface area contributed by atoms with Crippen LogP contribution in [0.5, 0.6) is 0 Å². The van der Waals surface area contributed by atoms with Crippen LogP contribution < -0.4 is 10.2 Å². The Bertz CT molecular complexity index is 890. The molecule has 1 N–H and O–H groups in total. The number of amides is 5. The van der Waals surface area contributed by atoms with Crippen LogP contribution in [0, 0.1) is 5.41 Å². The van der Waals surface area contributed by atoms with Crippen molar-refractivity contribution in [2.75, 3.05) is 37.5 Å². The van der Waals surface area contributed by atoms with Crippen molar-refractivity contribution in [3.8, 4) is 0 Å². The fraction of sp³-hybridized carbons (Fsp3) is 0.500. The lowest BCUT2D eigenvalue weighted by Crippen LogP contribution is -2.70. The molecule has 9 heteroatoms. The van der Waals surface area contributed by atoms with Crippen molar-refractivity contribution in [1.29, 1.82) is 0 Å². The average molecular weight is 400 g/mol. The fourth-order valence-electron chi connectivity index (χ4n) is 4.88. The van der Waals surface area contributed by atoms with Gasteiger partial charge in [-0.1, -0.05) is 0 Å². The van der Waals surface area contributed by atoms with Crippen LogP contribution in [0.15, 0.2) is 18.2 Å². The number of nitrogens with zero attached hydrogens (tertiary/aromatic N) is 3. The predicted octanol–water partition coefficient (Wildman–Crippen LogP) is 1.82. The lowest BCUT2D eigenvalue weighted by atomic mass is 9.68. The Kier molecular flexibility index (Phi) is 4.48. The molecule has 2 saturated heterocycles. The highest BCUT2D eigenvalue weighted by molar-refractivity contribution is 6.20. The maximum atomic E-state index is 13.3. The van der Waals surface area contributed by atoms with Crippen LogP contribution in [-0.4, -0.2) is 67.0 Å². The molecule has 0 aliphatic carbocycles. The maximum absolute atomic E-state index is 13.3. The molecular weight excluding hydrogens is 376 g/mol. The summed E-state index contributed by atoms with van der Waals surface area (Å²) in [6.07, 6.45) is 1.18. The van der Waals surface area contributed by atoms with Crippen LogP contribution in [0.4, 0.5) is 21.0 Å². The summed E-state index contributed by atoms with van der Waals surface area (Å²) in [5, 5.41) is 2.67. The number of anilines is 2. The molecule has 0 aromatic heterocycles. The number of urea groups is 1. The zero-order chi connectivity index (χ0) is 20.9. The van der Waals surface area contributed by atoms with E-state index in [9.17, 15) is 19.2 Å². The smallest absolute Gasteiger partial charge is 0.411 e. The number of rotatable bonds is 2. The SMILES string of the molecule is CCOC(=O)Nc1ccc2c(c1)CC1(C(=O)N(C)C(=O)N(C)C1=O)[C@H]1CCCN21. The molecular formula is C20H24N4O5. The molecule has 1 spiro atoms. The minimum Gasteiger partial charge on any atom is -0.450 e. The van der Waals surface area contributed by atoms with Gasteiger partial charge in [0.15, 0.2) is 5.41 Å². The first kappa shape index (κ1) is 19.2. The summed E-state index contributed by atoms with van der Waals surface area (Å²) >= 11 is 0. The molecule has 1 aromatic carbocycles. The number of imide groups is 2. The van der Waals surface area contributed by atoms with Crippen molar-refractivity contribution in [3.63, 3.8) is 0 Å². The fourth-order valence-corrected chi connectivity index (χ4v) is 4.88. The van der Waals surface area contributed by atoms with Gasteiger partial charge in [0.05, 0.1) is 12.6 Å². The number of carbonyl (C=O) groups excluding carboxylic acids is 4. The van der Waals surface area contributed by atoms with E-state index >= 15 is 0 Å². The highest BCUT2D eigenvalue weighted by atomic mass is 16.5. The third kappa shape index (κ3) is 2.67.